The predicted octanol–water partition coefficient (Wildman–Crippen LogP) is -0.177. The number of primary amides is 1. The molecule has 0 unspecified atom stereocenters. The summed E-state index contributed by atoms with van der Waals surface area (Å²) >= 11 is 0. The molecule has 0 bridgehead atoms. The van der Waals surface area contributed by atoms with Crippen LogP contribution in [0.2, 0.25) is 0 Å². The van der Waals surface area contributed by atoms with Crippen molar-refractivity contribution in [3.8, 4) is 11.8 Å². The maximum Gasteiger partial charge on any atom is 0.452 e. The fourth-order valence-corrected chi connectivity index (χ4v) is 1.71. The third-order valence-electron chi connectivity index (χ3n) is 1.60. The highest BCUT2D eigenvalue weighted by molar-refractivity contribution is 7.82. The first-order valence-electron chi connectivity index (χ1n) is 5.42. The maximum absolute atomic E-state index is 11.0. The molecule has 0 heterocycles. The van der Waals surface area contributed by atoms with Gasteiger partial charge in [0.05, 0.1) is 13.2 Å². The largest absolute Gasteiger partial charge is 0.452 e. The van der Waals surface area contributed by atoms with Gasteiger partial charge in [-0.05, 0) is 12.1 Å². The number of benzene rings is 1. The van der Waals surface area contributed by atoms with Gasteiger partial charge in [-0.3, -0.25) is 0 Å². The van der Waals surface area contributed by atoms with Crippen LogP contribution in [0.1, 0.15) is 0 Å². The van der Waals surface area contributed by atoms with E-state index < -0.39 is 33.5 Å². The molecule has 23 heavy (non-hydrogen) atoms. The van der Waals surface area contributed by atoms with Crippen LogP contribution in [0.4, 0.5) is 4.79 Å². The van der Waals surface area contributed by atoms with Gasteiger partial charge in [0.25, 0.3) is 0 Å². The minimum Gasteiger partial charge on any atom is -0.362 e. The van der Waals surface area contributed by atoms with Crippen molar-refractivity contribution in [2.45, 2.75) is 0 Å². The second kappa shape index (κ2) is 9.58. The van der Waals surface area contributed by atoms with E-state index in [1.807, 2.05) is 0 Å². The lowest BCUT2D eigenvalue weighted by Gasteiger charge is -2.03. The molecular formula is C10H12N2O9S2. The molecule has 0 aliphatic carbocycles. The van der Waals surface area contributed by atoms with Crippen LogP contribution in [0.25, 0.3) is 0 Å². The molecular weight excluding hydrogens is 356 g/mol. The van der Waals surface area contributed by atoms with E-state index >= 15 is 0 Å². The summed E-state index contributed by atoms with van der Waals surface area (Å²) in [6, 6.07) is 9.42. The Labute approximate surface area is 132 Å². The van der Waals surface area contributed by atoms with E-state index in [9.17, 15) is 21.6 Å². The summed E-state index contributed by atoms with van der Waals surface area (Å²) in [4.78, 5) is 9.71. The highest BCUT2D eigenvalue weighted by Crippen LogP contribution is 2.11. The number of hydrogen-bond donors (Lipinski definition) is 1. The summed E-state index contributed by atoms with van der Waals surface area (Å²) < 4.78 is 57.9. The summed E-state index contributed by atoms with van der Waals surface area (Å²) in [5.74, 6) is 0.144. The number of nitrogens with zero attached hydrogens (tertiary/aromatic N) is 1. The molecule has 0 fully saturated rings. The molecule has 0 saturated heterocycles. The van der Waals surface area contributed by atoms with Crippen molar-refractivity contribution in [3.63, 3.8) is 0 Å². The maximum atomic E-state index is 11.0. The molecule has 0 aliphatic heterocycles. The first-order chi connectivity index (χ1) is 10.6. The van der Waals surface area contributed by atoms with Gasteiger partial charge in [-0.25, -0.2) is 13.2 Å². The van der Waals surface area contributed by atoms with Gasteiger partial charge >= 0.3 is 26.9 Å². The average molecular weight is 368 g/mol. The topological polar surface area (TPSA) is 172 Å². The third-order valence-corrected chi connectivity index (χ3v) is 3.18. The van der Waals surface area contributed by atoms with Gasteiger partial charge < -0.3 is 14.1 Å². The summed E-state index contributed by atoms with van der Waals surface area (Å²) in [6.07, 6.45) is -1.42. The Morgan fingerprint density at radius 3 is 2.13 bits per heavy atom. The Balaban J connectivity index is 0.000000468. The number of carbonyl (C=O) groups is 1. The summed E-state index contributed by atoms with van der Waals surface area (Å²) in [5, 5.41) is 8.10. The first kappa shape index (κ1) is 20.6. The molecule has 13 heteroatoms. The molecule has 1 aromatic carbocycles. The average Bonchev–Trinajstić information content (AvgIpc) is 2.45. The second-order valence-corrected chi connectivity index (χ2v) is 5.74. The summed E-state index contributed by atoms with van der Waals surface area (Å²) in [5.41, 5.74) is 4.33. The molecule has 0 saturated carbocycles. The molecule has 0 atom stereocenters. The molecule has 1 amide bonds. The van der Waals surface area contributed by atoms with Crippen molar-refractivity contribution < 1.29 is 38.4 Å². The van der Waals surface area contributed by atoms with Gasteiger partial charge in [-0.15, -0.1) is 0 Å². The predicted molar refractivity (Wildman–Crippen MR) is 74.2 cm³/mol. The fourth-order valence-electron chi connectivity index (χ4n) is 0.851. The monoisotopic (exact) mass is 368 g/mol. The van der Waals surface area contributed by atoms with Crippen LogP contribution in [0, 0.1) is 11.3 Å². The van der Waals surface area contributed by atoms with Gasteiger partial charge in [0.15, 0.2) is 6.61 Å². The van der Waals surface area contributed by atoms with Crippen LogP contribution in [0.3, 0.4) is 0 Å². The SMILES string of the molecule is COS(=O)(=O)OC(N)=O.N#CCOS(=O)(=O)Oc1ccccc1. The normalized spacial score (nSPS) is 10.6. The Hall–Kier alpha value is -2.40. The van der Waals surface area contributed by atoms with Crippen molar-refractivity contribution >= 4 is 26.9 Å². The molecule has 0 radical (unpaired) electrons. The lowest BCUT2D eigenvalue weighted by Crippen LogP contribution is -2.19. The van der Waals surface area contributed by atoms with E-state index in [4.69, 9.17) is 5.26 Å². The van der Waals surface area contributed by atoms with Crippen LogP contribution in [-0.2, 0) is 33.3 Å². The number of hydrogen-bond acceptors (Lipinski definition) is 10. The molecule has 128 valence electrons. The highest BCUT2D eigenvalue weighted by Gasteiger charge is 2.13. The van der Waals surface area contributed by atoms with Gasteiger partial charge in [0.2, 0.25) is 0 Å². The quantitative estimate of drug-likeness (QED) is 0.709. The Bertz CT molecular complexity index is 738. The van der Waals surface area contributed by atoms with E-state index in [1.54, 1.807) is 18.2 Å². The van der Waals surface area contributed by atoms with Gasteiger partial charge in [0.1, 0.15) is 5.75 Å². The standard InChI is InChI=1S/C8H7NO4S.C2H5NO5S/c9-6-7-12-14(10,11)13-8-4-2-1-3-5-8;1-7-9(5,6)8-2(3)4/h1-5H,7H2;1H3,(H2,3,4). The van der Waals surface area contributed by atoms with E-state index in [1.165, 1.54) is 18.2 Å². The van der Waals surface area contributed by atoms with Crippen LogP contribution in [0.5, 0.6) is 5.75 Å². The molecule has 11 nitrogen and oxygen atoms in total. The van der Waals surface area contributed by atoms with Crippen LogP contribution in [-0.4, -0.2) is 36.6 Å². The van der Waals surface area contributed by atoms with E-state index in [0.717, 1.165) is 7.11 Å². The van der Waals surface area contributed by atoms with Crippen LogP contribution < -0.4 is 9.92 Å². The number of rotatable bonds is 6. The second-order valence-electron chi connectivity index (χ2n) is 3.20. The van der Waals surface area contributed by atoms with Crippen LogP contribution in [0.15, 0.2) is 30.3 Å². The lowest BCUT2D eigenvalue weighted by atomic mass is 10.3. The summed E-state index contributed by atoms with van der Waals surface area (Å²) in [7, 11) is -7.47. The number of nitriles is 1. The minimum absolute atomic E-state index is 0.144. The first-order valence-corrected chi connectivity index (χ1v) is 8.09. The lowest BCUT2D eigenvalue weighted by molar-refractivity contribution is 0.201. The van der Waals surface area contributed by atoms with Gasteiger partial charge in [-0.2, -0.15) is 22.1 Å². The van der Waals surface area contributed by atoms with Crippen molar-refractivity contribution in [1.82, 2.24) is 0 Å². The molecule has 0 aromatic heterocycles. The zero-order valence-electron chi connectivity index (χ0n) is 11.6. The van der Waals surface area contributed by atoms with Gasteiger partial charge in [0, 0.05) is 0 Å². The summed E-state index contributed by atoms with van der Waals surface area (Å²) in [6.45, 7) is -0.560. The molecule has 1 aromatic rings. The fraction of sp³-hybridized carbons (Fsp3) is 0.200. The molecule has 0 spiro atoms. The van der Waals surface area contributed by atoms with Crippen molar-refractivity contribution in [1.29, 1.82) is 5.26 Å². The smallest absolute Gasteiger partial charge is 0.362 e. The molecule has 1 rings (SSSR count). The van der Waals surface area contributed by atoms with E-state index in [0.29, 0.717) is 0 Å². The van der Waals surface area contributed by atoms with Crippen molar-refractivity contribution in [2.24, 2.45) is 5.73 Å². The molecule has 0 aliphatic rings. The minimum atomic E-state index is -4.19. The van der Waals surface area contributed by atoms with Crippen molar-refractivity contribution in [3.05, 3.63) is 30.3 Å². The highest BCUT2D eigenvalue weighted by atomic mass is 32.3. The van der Waals surface area contributed by atoms with Gasteiger partial charge in [-0.1, -0.05) is 18.2 Å². The number of amides is 1. The van der Waals surface area contributed by atoms with Crippen LogP contribution >= 0.6 is 0 Å². The van der Waals surface area contributed by atoms with Crippen molar-refractivity contribution in [2.75, 3.05) is 13.7 Å². The Morgan fingerprint density at radius 2 is 1.74 bits per heavy atom. The molecule has 2 N–H and O–H groups in total. The number of nitrogens with two attached hydrogens (primary N) is 1. The zero-order chi connectivity index (χ0) is 17.9. The Morgan fingerprint density at radius 1 is 1.17 bits per heavy atom. The van der Waals surface area contributed by atoms with E-state index in [2.05, 4.69) is 22.5 Å². The number of para-hydroxylation sites is 1. The number of carbonyl (C=O) groups excluding carboxylic acids is 1. The Kier molecular flexibility index (Phi) is 8.58. The van der Waals surface area contributed by atoms with E-state index in [-0.39, 0.29) is 5.75 Å². The zero-order valence-corrected chi connectivity index (χ0v) is 13.2. The third kappa shape index (κ3) is 10.9.